The van der Waals surface area contributed by atoms with Gasteiger partial charge in [-0.25, -0.2) is 9.97 Å². The Labute approximate surface area is 236 Å². The first-order valence-corrected chi connectivity index (χ1v) is 13.9. The molecule has 5 rings (SSSR count). The number of methoxy groups -OCH3 is 1. The van der Waals surface area contributed by atoms with Crippen molar-refractivity contribution in [2.45, 2.75) is 31.6 Å². The van der Waals surface area contributed by atoms with Crippen LogP contribution in [0.15, 0.2) is 79.0 Å². The number of benzene rings is 3. The van der Waals surface area contributed by atoms with Gasteiger partial charge in [0.15, 0.2) is 0 Å². The Kier molecular flexibility index (Phi) is 8.71. The summed E-state index contributed by atoms with van der Waals surface area (Å²) in [5.74, 6) is 1.61. The largest absolute Gasteiger partial charge is 0.497 e. The van der Waals surface area contributed by atoms with Crippen LogP contribution < -0.4 is 15.4 Å². The van der Waals surface area contributed by atoms with Crippen LogP contribution in [0, 0.1) is 0 Å². The number of ether oxygens (including phenoxy) is 1. The summed E-state index contributed by atoms with van der Waals surface area (Å²) in [5.41, 5.74) is 7.52. The molecule has 3 aromatic carbocycles. The lowest BCUT2D eigenvalue weighted by molar-refractivity contribution is -0.115. The normalized spacial score (nSPS) is 13.8. The zero-order chi connectivity index (χ0) is 27.9. The van der Waals surface area contributed by atoms with Gasteiger partial charge in [-0.1, -0.05) is 48.5 Å². The lowest BCUT2D eigenvalue weighted by Gasteiger charge is -2.27. The smallest absolute Gasteiger partial charge is 0.228 e. The Bertz CT molecular complexity index is 1430. The third kappa shape index (κ3) is 6.66. The highest BCUT2D eigenvalue weighted by Crippen LogP contribution is 2.42. The van der Waals surface area contributed by atoms with Gasteiger partial charge in [0.1, 0.15) is 5.75 Å². The Morgan fingerprint density at radius 2 is 1.77 bits per heavy atom. The second-order valence-electron chi connectivity index (χ2n) is 10.5. The number of anilines is 2. The topological polar surface area (TPSA) is 79.4 Å². The number of aromatic nitrogens is 2. The van der Waals surface area contributed by atoms with E-state index in [0.717, 1.165) is 66.2 Å². The standard InChI is InChI=1S/C33H37N5O2/c1-38(2)19-7-6-18-34-33-35-22-25-21-30(28-8-4-5-9-29(28)32(25)37-33)24-12-14-26(15-13-24)36-31(39)20-23-10-16-27(40-3)17-11-23/h4-5,8-17,22,30H,6-7,18-21H2,1-3H3,(H,36,39)(H,34,35,37). The fourth-order valence-corrected chi connectivity index (χ4v) is 5.20. The number of carbonyl (C=O) groups excluding carboxylic acids is 1. The second-order valence-corrected chi connectivity index (χ2v) is 10.5. The molecule has 1 aliphatic rings. The van der Waals surface area contributed by atoms with E-state index < -0.39 is 0 Å². The van der Waals surface area contributed by atoms with E-state index in [2.05, 4.69) is 71.0 Å². The van der Waals surface area contributed by atoms with E-state index in [-0.39, 0.29) is 11.8 Å². The molecule has 7 nitrogen and oxygen atoms in total. The van der Waals surface area contributed by atoms with Gasteiger partial charge in [-0.15, -0.1) is 0 Å². The van der Waals surface area contributed by atoms with Crippen LogP contribution in [0.25, 0.3) is 11.3 Å². The quantitative estimate of drug-likeness (QED) is 0.237. The third-order valence-electron chi connectivity index (χ3n) is 7.32. The average Bonchev–Trinajstić information content (AvgIpc) is 2.97. The zero-order valence-electron chi connectivity index (χ0n) is 23.5. The van der Waals surface area contributed by atoms with E-state index >= 15 is 0 Å². The molecule has 40 heavy (non-hydrogen) atoms. The monoisotopic (exact) mass is 535 g/mol. The fourth-order valence-electron chi connectivity index (χ4n) is 5.20. The molecule has 0 bridgehead atoms. The van der Waals surface area contributed by atoms with Crippen LogP contribution in [-0.2, 0) is 17.6 Å². The van der Waals surface area contributed by atoms with Crippen molar-refractivity contribution < 1.29 is 9.53 Å². The summed E-state index contributed by atoms with van der Waals surface area (Å²) >= 11 is 0. The fraction of sp³-hybridized carbons (Fsp3) is 0.303. The zero-order valence-corrected chi connectivity index (χ0v) is 23.5. The number of fused-ring (bicyclic) bond motifs is 3. The van der Waals surface area contributed by atoms with Crippen LogP contribution in [0.1, 0.15) is 41.0 Å². The molecule has 1 aliphatic carbocycles. The van der Waals surface area contributed by atoms with Gasteiger partial charge in [-0.2, -0.15) is 0 Å². The molecule has 4 aromatic rings. The maximum atomic E-state index is 12.6. The minimum absolute atomic E-state index is 0.0471. The number of rotatable bonds is 11. The number of amides is 1. The molecule has 1 aromatic heterocycles. The Morgan fingerprint density at radius 3 is 2.52 bits per heavy atom. The number of hydrogen-bond donors (Lipinski definition) is 2. The molecule has 0 aliphatic heterocycles. The van der Waals surface area contributed by atoms with Gasteiger partial charge in [-0.05, 0) is 86.4 Å². The van der Waals surface area contributed by atoms with Crippen molar-refractivity contribution in [3.63, 3.8) is 0 Å². The van der Waals surface area contributed by atoms with Crippen molar-refractivity contribution in [1.82, 2.24) is 14.9 Å². The SMILES string of the molecule is COc1ccc(CC(=O)Nc2ccc(C3Cc4cnc(NCCCCN(C)C)nc4-c4ccccc43)cc2)cc1. The molecule has 0 spiro atoms. The number of unbranched alkanes of at least 4 members (excludes halogenated alkanes) is 1. The van der Waals surface area contributed by atoms with Crippen LogP contribution in [0.3, 0.4) is 0 Å². The van der Waals surface area contributed by atoms with E-state index in [0.29, 0.717) is 12.4 Å². The summed E-state index contributed by atoms with van der Waals surface area (Å²) in [6, 6.07) is 24.3. The van der Waals surface area contributed by atoms with Crippen LogP contribution in [0.5, 0.6) is 5.75 Å². The molecule has 0 radical (unpaired) electrons. The van der Waals surface area contributed by atoms with Crippen LogP contribution >= 0.6 is 0 Å². The van der Waals surface area contributed by atoms with E-state index in [9.17, 15) is 4.79 Å². The Balaban J connectivity index is 1.26. The summed E-state index contributed by atoms with van der Waals surface area (Å²) < 4.78 is 5.19. The molecule has 0 saturated carbocycles. The van der Waals surface area contributed by atoms with Gasteiger partial charge in [-0.3, -0.25) is 4.79 Å². The molecule has 1 atom stereocenters. The van der Waals surface area contributed by atoms with Crippen molar-refractivity contribution in [2.24, 2.45) is 0 Å². The van der Waals surface area contributed by atoms with Gasteiger partial charge < -0.3 is 20.3 Å². The minimum atomic E-state index is -0.0471. The first kappa shape index (κ1) is 27.3. The van der Waals surface area contributed by atoms with Crippen LogP contribution in [-0.4, -0.2) is 55.1 Å². The van der Waals surface area contributed by atoms with Crippen molar-refractivity contribution in [2.75, 3.05) is 44.9 Å². The molecule has 1 heterocycles. The van der Waals surface area contributed by atoms with Crippen molar-refractivity contribution in [3.05, 3.63) is 101 Å². The summed E-state index contributed by atoms with van der Waals surface area (Å²) in [6.07, 6.45) is 5.33. The van der Waals surface area contributed by atoms with Gasteiger partial charge >= 0.3 is 0 Å². The molecular formula is C33H37N5O2. The first-order chi connectivity index (χ1) is 19.5. The minimum Gasteiger partial charge on any atom is -0.497 e. The third-order valence-corrected chi connectivity index (χ3v) is 7.32. The second kappa shape index (κ2) is 12.7. The number of nitrogens with zero attached hydrogens (tertiary/aromatic N) is 3. The van der Waals surface area contributed by atoms with E-state index in [1.54, 1.807) is 7.11 Å². The molecule has 1 unspecified atom stereocenters. The van der Waals surface area contributed by atoms with Crippen LogP contribution in [0.4, 0.5) is 11.6 Å². The predicted molar refractivity (Wildman–Crippen MR) is 161 cm³/mol. The highest BCUT2D eigenvalue weighted by atomic mass is 16.5. The van der Waals surface area contributed by atoms with E-state index in [1.165, 1.54) is 11.1 Å². The molecule has 2 N–H and O–H groups in total. The molecule has 1 amide bonds. The predicted octanol–water partition coefficient (Wildman–Crippen LogP) is 5.78. The van der Waals surface area contributed by atoms with Crippen molar-refractivity contribution >= 4 is 17.5 Å². The maximum Gasteiger partial charge on any atom is 0.228 e. The molecule has 0 fully saturated rings. The maximum absolute atomic E-state index is 12.6. The summed E-state index contributed by atoms with van der Waals surface area (Å²) in [7, 11) is 5.83. The lowest BCUT2D eigenvalue weighted by Crippen LogP contribution is -2.17. The number of carbonyl (C=O) groups is 1. The Morgan fingerprint density at radius 1 is 1.00 bits per heavy atom. The average molecular weight is 536 g/mol. The highest BCUT2D eigenvalue weighted by Gasteiger charge is 2.27. The van der Waals surface area contributed by atoms with Gasteiger partial charge in [0, 0.05) is 29.9 Å². The van der Waals surface area contributed by atoms with Crippen LogP contribution in [0.2, 0.25) is 0 Å². The molecular weight excluding hydrogens is 498 g/mol. The molecule has 206 valence electrons. The summed E-state index contributed by atoms with van der Waals surface area (Å²) in [5, 5.41) is 6.42. The van der Waals surface area contributed by atoms with E-state index in [4.69, 9.17) is 9.72 Å². The van der Waals surface area contributed by atoms with Gasteiger partial charge in [0.2, 0.25) is 11.9 Å². The number of hydrogen-bond acceptors (Lipinski definition) is 6. The Hall–Kier alpha value is -4.23. The van der Waals surface area contributed by atoms with Gasteiger partial charge in [0.25, 0.3) is 0 Å². The van der Waals surface area contributed by atoms with E-state index in [1.807, 2.05) is 42.6 Å². The molecule has 0 saturated heterocycles. The highest BCUT2D eigenvalue weighted by molar-refractivity contribution is 5.92. The van der Waals surface area contributed by atoms with Gasteiger partial charge in [0.05, 0.1) is 19.2 Å². The lowest BCUT2D eigenvalue weighted by atomic mass is 9.78. The molecule has 7 heteroatoms. The van der Waals surface area contributed by atoms with Crippen molar-refractivity contribution in [1.29, 1.82) is 0 Å². The van der Waals surface area contributed by atoms with Crippen molar-refractivity contribution in [3.8, 4) is 17.0 Å². The summed E-state index contributed by atoms with van der Waals surface area (Å²) in [6.45, 7) is 1.94. The number of nitrogens with one attached hydrogen (secondary N) is 2. The first-order valence-electron chi connectivity index (χ1n) is 13.9. The summed E-state index contributed by atoms with van der Waals surface area (Å²) in [4.78, 5) is 24.4.